The predicted octanol–water partition coefficient (Wildman–Crippen LogP) is 2.97. The van der Waals surface area contributed by atoms with E-state index in [-0.39, 0.29) is 19.1 Å². The number of halogens is 3. The summed E-state index contributed by atoms with van der Waals surface area (Å²) in [5.41, 5.74) is 4.14. The number of hydrogen-bond donors (Lipinski definition) is 1. The lowest BCUT2D eigenvalue weighted by molar-refractivity contribution is -0.160. The van der Waals surface area contributed by atoms with Gasteiger partial charge in [0.15, 0.2) is 6.61 Å². The highest BCUT2D eigenvalue weighted by Crippen LogP contribution is 2.24. The molecule has 0 saturated carbocycles. The average Bonchev–Trinajstić information content (AvgIpc) is 3.28. The maximum Gasteiger partial charge on any atom is 0.422 e. The second kappa shape index (κ2) is 9.47. The van der Waals surface area contributed by atoms with Gasteiger partial charge in [0, 0.05) is 26.2 Å². The molecule has 1 fully saturated rings. The predicted molar refractivity (Wildman–Crippen MR) is 98.3 cm³/mol. The van der Waals surface area contributed by atoms with Crippen molar-refractivity contribution >= 4 is 12.1 Å². The molecule has 1 aliphatic carbocycles. The first-order chi connectivity index (χ1) is 13.8. The Morgan fingerprint density at radius 3 is 2.79 bits per heavy atom. The number of aryl methyl sites for hydroxylation is 2. The molecule has 29 heavy (non-hydrogen) atoms. The van der Waals surface area contributed by atoms with Gasteiger partial charge in [0.1, 0.15) is 6.10 Å². The van der Waals surface area contributed by atoms with E-state index in [1.165, 1.54) is 23.1 Å². The van der Waals surface area contributed by atoms with Crippen molar-refractivity contribution < 1.29 is 32.2 Å². The molecular weight excluding hydrogens is 389 g/mol. The van der Waals surface area contributed by atoms with Crippen LogP contribution in [-0.4, -0.2) is 55.5 Å². The van der Waals surface area contributed by atoms with E-state index in [1.807, 2.05) is 0 Å². The van der Waals surface area contributed by atoms with Gasteiger partial charge in [-0.1, -0.05) is 18.2 Å². The number of nitrogens with zero attached hydrogens (tertiary/aromatic N) is 1. The Labute approximate surface area is 167 Å². The minimum atomic E-state index is -4.58. The first-order valence-corrected chi connectivity index (χ1v) is 9.78. The largest absolute Gasteiger partial charge is 0.461 e. The van der Waals surface area contributed by atoms with Crippen LogP contribution in [0.4, 0.5) is 18.0 Å². The highest BCUT2D eigenvalue weighted by atomic mass is 19.4. The highest BCUT2D eigenvalue weighted by molar-refractivity contribution is 5.72. The highest BCUT2D eigenvalue weighted by Gasteiger charge is 2.29. The zero-order valence-electron chi connectivity index (χ0n) is 16.1. The van der Waals surface area contributed by atoms with Gasteiger partial charge in [-0.05, 0) is 42.4 Å². The minimum absolute atomic E-state index is 0.123. The molecule has 1 atom stereocenters. The zero-order valence-corrected chi connectivity index (χ0v) is 16.1. The second-order valence-electron chi connectivity index (χ2n) is 7.46. The fourth-order valence-corrected chi connectivity index (χ4v) is 3.73. The van der Waals surface area contributed by atoms with Crippen LogP contribution in [0, 0.1) is 0 Å². The Morgan fingerprint density at radius 2 is 2.00 bits per heavy atom. The van der Waals surface area contributed by atoms with Gasteiger partial charge in [-0.2, -0.15) is 13.2 Å². The maximum atomic E-state index is 11.9. The van der Waals surface area contributed by atoms with Crippen molar-refractivity contribution in [2.75, 3.05) is 26.2 Å². The van der Waals surface area contributed by atoms with Crippen molar-refractivity contribution in [3.63, 3.8) is 0 Å². The van der Waals surface area contributed by atoms with E-state index in [9.17, 15) is 22.8 Å². The Bertz CT molecular complexity index is 739. The molecule has 1 heterocycles. The molecule has 1 N–H and O–H groups in total. The smallest absolute Gasteiger partial charge is 0.422 e. The molecule has 1 aromatic carbocycles. The fourth-order valence-electron chi connectivity index (χ4n) is 3.73. The first-order valence-electron chi connectivity index (χ1n) is 9.78. The van der Waals surface area contributed by atoms with Crippen LogP contribution >= 0.6 is 0 Å². The quantitative estimate of drug-likeness (QED) is 0.695. The molecule has 2 aliphatic rings. The van der Waals surface area contributed by atoms with Crippen molar-refractivity contribution in [1.82, 2.24) is 10.2 Å². The van der Waals surface area contributed by atoms with Crippen LogP contribution in [0.3, 0.4) is 0 Å². The van der Waals surface area contributed by atoms with E-state index in [1.54, 1.807) is 0 Å². The summed E-state index contributed by atoms with van der Waals surface area (Å²) in [6.45, 7) is 0.487. The Kier molecular flexibility index (Phi) is 7.00. The number of fused-ring (bicyclic) bond motifs is 1. The van der Waals surface area contributed by atoms with Gasteiger partial charge in [0.2, 0.25) is 0 Å². The van der Waals surface area contributed by atoms with Crippen molar-refractivity contribution in [2.45, 2.75) is 50.9 Å². The van der Waals surface area contributed by atoms with Crippen LogP contribution in [0.1, 0.15) is 36.0 Å². The van der Waals surface area contributed by atoms with Gasteiger partial charge < -0.3 is 14.8 Å². The van der Waals surface area contributed by atoms with Crippen LogP contribution in [0.2, 0.25) is 0 Å². The third-order valence-corrected chi connectivity index (χ3v) is 5.06. The summed E-state index contributed by atoms with van der Waals surface area (Å²) in [6.07, 6.45) is -1.88. The number of nitrogens with one attached hydrogen (secondary N) is 1. The van der Waals surface area contributed by atoms with E-state index < -0.39 is 24.8 Å². The molecule has 1 amide bonds. The number of hydrogen-bond acceptors (Lipinski definition) is 5. The summed E-state index contributed by atoms with van der Waals surface area (Å²) >= 11 is 0. The number of alkyl carbamates (subject to hydrolysis) is 1. The number of esters is 1. The van der Waals surface area contributed by atoms with Gasteiger partial charge in [0.05, 0.1) is 6.42 Å². The lowest BCUT2D eigenvalue weighted by atomic mass is 10.1. The maximum absolute atomic E-state index is 11.9. The normalized spacial score (nSPS) is 19.1. The number of benzene rings is 1. The van der Waals surface area contributed by atoms with E-state index in [4.69, 9.17) is 4.74 Å². The number of likely N-dealkylation sites (tertiary alicyclic amines) is 1. The molecule has 3 rings (SSSR count). The van der Waals surface area contributed by atoms with Gasteiger partial charge >= 0.3 is 18.2 Å². The summed E-state index contributed by atoms with van der Waals surface area (Å²) in [4.78, 5) is 25.2. The summed E-state index contributed by atoms with van der Waals surface area (Å²) in [5.74, 6) is -0.495. The molecule has 9 heteroatoms. The number of ether oxygens (including phenoxy) is 2. The van der Waals surface area contributed by atoms with E-state index in [2.05, 4.69) is 33.2 Å². The summed E-state index contributed by atoms with van der Waals surface area (Å²) < 4.78 is 45.2. The van der Waals surface area contributed by atoms with Gasteiger partial charge in [0.25, 0.3) is 0 Å². The molecule has 6 nitrogen and oxygen atoms in total. The number of alkyl halides is 3. The molecule has 1 aliphatic heterocycles. The monoisotopic (exact) mass is 414 g/mol. The number of amides is 1. The number of carbonyl (C=O) groups excluding carboxylic acids is 2. The molecule has 1 saturated heterocycles. The zero-order chi connectivity index (χ0) is 20.9. The lowest BCUT2D eigenvalue weighted by Gasteiger charge is -2.17. The third-order valence-electron chi connectivity index (χ3n) is 5.06. The topological polar surface area (TPSA) is 67.9 Å². The van der Waals surface area contributed by atoms with Gasteiger partial charge in [-0.25, -0.2) is 4.79 Å². The molecule has 160 valence electrons. The molecule has 0 radical (unpaired) electrons. The summed E-state index contributed by atoms with van der Waals surface area (Å²) in [7, 11) is 0. The van der Waals surface area contributed by atoms with Crippen molar-refractivity contribution in [3.8, 4) is 0 Å². The molecular formula is C20H25F3N2O4. The van der Waals surface area contributed by atoms with E-state index in [0.717, 1.165) is 32.4 Å². The molecule has 0 aromatic heterocycles. The number of rotatable bonds is 7. The average molecular weight is 414 g/mol. The molecule has 1 aromatic rings. The van der Waals surface area contributed by atoms with Crippen molar-refractivity contribution in [1.29, 1.82) is 0 Å². The van der Waals surface area contributed by atoms with Crippen molar-refractivity contribution in [2.24, 2.45) is 0 Å². The van der Waals surface area contributed by atoms with Crippen LogP contribution in [-0.2, 0) is 33.7 Å². The van der Waals surface area contributed by atoms with Crippen LogP contribution in [0.15, 0.2) is 18.2 Å². The molecule has 0 bridgehead atoms. The Morgan fingerprint density at radius 1 is 1.21 bits per heavy atom. The van der Waals surface area contributed by atoms with Gasteiger partial charge in [-0.15, -0.1) is 0 Å². The van der Waals surface area contributed by atoms with Crippen molar-refractivity contribution in [3.05, 3.63) is 34.9 Å². The Hall–Kier alpha value is -2.29. The third kappa shape index (κ3) is 6.92. The summed E-state index contributed by atoms with van der Waals surface area (Å²) in [6, 6.07) is 6.64. The Balaban J connectivity index is 1.32. The standard InChI is InChI=1S/C20H25F3N2O4/c21-20(22,23)13-28-19(27)24-8-6-18(26)29-17-7-9-25(12-17)11-14-4-5-15-2-1-3-16(15)10-14/h4-5,10,17H,1-3,6-9,11-13H2,(H,24,27)/t17-/m1/s1. The van der Waals surface area contributed by atoms with Gasteiger partial charge in [-0.3, -0.25) is 9.69 Å². The summed E-state index contributed by atoms with van der Waals surface area (Å²) in [5, 5.41) is 2.10. The van der Waals surface area contributed by atoms with E-state index in [0.29, 0.717) is 6.54 Å². The minimum Gasteiger partial charge on any atom is -0.461 e. The lowest BCUT2D eigenvalue weighted by Crippen LogP contribution is -2.31. The first kappa shape index (κ1) is 21.4. The molecule has 0 spiro atoms. The second-order valence-corrected chi connectivity index (χ2v) is 7.46. The molecule has 0 unspecified atom stereocenters. The van der Waals surface area contributed by atoms with E-state index >= 15 is 0 Å². The fraction of sp³-hybridized carbons (Fsp3) is 0.600. The SMILES string of the molecule is O=C(CCNC(=O)OCC(F)(F)F)O[C@@H]1CCN(Cc2ccc3c(c2)CCC3)C1. The number of carbonyl (C=O) groups is 2. The van der Waals surface area contributed by atoms with Crippen LogP contribution < -0.4 is 5.32 Å². The van der Waals surface area contributed by atoms with Crippen LogP contribution in [0.5, 0.6) is 0 Å². The van der Waals surface area contributed by atoms with Crippen LogP contribution in [0.25, 0.3) is 0 Å².